The molecule has 0 radical (unpaired) electrons. The van der Waals surface area contributed by atoms with Gasteiger partial charge in [-0.2, -0.15) is 0 Å². The largest absolute Gasteiger partial charge is 0.508 e. The second-order valence-electron chi connectivity index (χ2n) is 4.36. The zero-order valence-electron chi connectivity index (χ0n) is 11.4. The van der Waals surface area contributed by atoms with Gasteiger partial charge in [0.05, 0.1) is 6.54 Å². The second kappa shape index (κ2) is 10.9. The molecule has 0 saturated heterocycles. The van der Waals surface area contributed by atoms with E-state index in [0.717, 1.165) is 18.5 Å². The SMILES string of the molecule is CCCCCCNC(N)=NCc1cccc(O)c1.I. The minimum atomic E-state index is 0. The minimum Gasteiger partial charge on any atom is -0.508 e. The van der Waals surface area contributed by atoms with Gasteiger partial charge in [0.25, 0.3) is 0 Å². The molecule has 1 aromatic rings. The summed E-state index contributed by atoms with van der Waals surface area (Å²) in [6.07, 6.45) is 4.85. The molecule has 4 N–H and O–H groups in total. The molecule has 0 aliphatic rings. The number of nitrogens with one attached hydrogen (secondary N) is 1. The number of hydrogen-bond acceptors (Lipinski definition) is 2. The fourth-order valence-corrected chi connectivity index (χ4v) is 1.66. The van der Waals surface area contributed by atoms with Crippen LogP contribution in [-0.2, 0) is 6.54 Å². The summed E-state index contributed by atoms with van der Waals surface area (Å²) in [5.74, 6) is 0.726. The first-order chi connectivity index (χ1) is 8.72. The van der Waals surface area contributed by atoms with Gasteiger partial charge in [0.2, 0.25) is 0 Å². The standard InChI is InChI=1S/C14H23N3O.HI/c1-2-3-4-5-9-16-14(15)17-11-12-7-6-8-13(18)10-12;/h6-8,10,18H,2-5,9,11H2,1H3,(H3,15,16,17);1H. The molecule has 0 fully saturated rings. The summed E-state index contributed by atoms with van der Waals surface area (Å²) in [4.78, 5) is 4.23. The van der Waals surface area contributed by atoms with E-state index in [2.05, 4.69) is 17.2 Å². The normalized spacial score (nSPS) is 10.9. The Morgan fingerprint density at radius 1 is 1.32 bits per heavy atom. The number of benzene rings is 1. The first kappa shape index (κ1) is 18.0. The first-order valence-corrected chi connectivity index (χ1v) is 6.54. The van der Waals surface area contributed by atoms with Crippen molar-refractivity contribution in [2.45, 2.75) is 39.2 Å². The highest BCUT2D eigenvalue weighted by atomic mass is 127. The molecule has 0 bridgehead atoms. The van der Waals surface area contributed by atoms with Gasteiger partial charge in [0, 0.05) is 6.54 Å². The van der Waals surface area contributed by atoms with Gasteiger partial charge in [-0.05, 0) is 24.1 Å². The molecule has 0 saturated carbocycles. The van der Waals surface area contributed by atoms with Crippen LogP contribution in [0.15, 0.2) is 29.3 Å². The van der Waals surface area contributed by atoms with Gasteiger partial charge in [0.15, 0.2) is 5.96 Å². The van der Waals surface area contributed by atoms with Crippen LogP contribution in [-0.4, -0.2) is 17.6 Å². The van der Waals surface area contributed by atoms with Crippen LogP contribution >= 0.6 is 24.0 Å². The predicted molar refractivity (Wildman–Crippen MR) is 91.0 cm³/mol. The Bertz CT molecular complexity index is 383. The lowest BCUT2D eigenvalue weighted by atomic mass is 10.2. The average Bonchev–Trinajstić information content (AvgIpc) is 2.36. The molecule has 0 spiro atoms. The average molecular weight is 377 g/mol. The highest BCUT2D eigenvalue weighted by molar-refractivity contribution is 14.0. The van der Waals surface area contributed by atoms with Gasteiger partial charge >= 0.3 is 0 Å². The van der Waals surface area contributed by atoms with Crippen LogP contribution in [0.1, 0.15) is 38.2 Å². The Morgan fingerprint density at radius 3 is 2.79 bits per heavy atom. The van der Waals surface area contributed by atoms with E-state index < -0.39 is 0 Å². The van der Waals surface area contributed by atoms with Gasteiger partial charge in [-0.3, -0.25) is 0 Å². The van der Waals surface area contributed by atoms with Crippen molar-refractivity contribution >= 4 is 29.9 Å². The Hall–Kier alpha value is -0.980. The Kier molecular flexibility index (Phi) is 10.3. The quantitative estimate of drug-likeness (QED) is 0.296. The van der Waals surface area contributed by atoms with E-state index in [1.807, 2.05) is 6.07 Å². The van der Waals surface area contributed by atoms with E-state index in [9.17, 15) is 5.11 Å². The summed E-state index contributed by atoms with van der Waals surface area (Å²) in [5, 5.41) is 12.4. The van der Waals surface area contributed by atoms with Crippen LogP contribution < -0.4 is 11.1 Å². The van der Waals surface area contributed by atoms with Gasteiger partial charge < -0.3 is 16.2 Å². The summed E-state index contributed by atoms with van der Waals surface area (Å²) in [6.45, 7) is 3.55. The van der Waals surface area contributed by atoms with Crippen LogP contribution in [0.25, 0.3) is 0 Å². The van der Waals surface area contributed by atoms with E-state index in [4.69, 9.17) is 5.73 Å². The maximum absolute atomic E-state index is 9.31. The molecule has 1 aromatic carbocycles. The molecule has 0 aliphatic carbocycles. The number of unbranched alkanes of at least 4 members (excludes halogenated alkanes) is 3. The fraction of sp³-hybridized carbons (Fsp3) is 0.500. The molecule has 1 rings (SSSR count). The van der Waals surface area contributed by atoms with Crippen molar-refractivity contribution in [3.63, 3.8) is 0 Å². The van der Waals surface area contributed by atoms with Gasteiger partial charge in [-0.25, -0.2) is 4.99 Å². The molecule has 0 aliphatic heterocycles. The molecule has 19 heavy (non-hydrogen) atoms. The van der Waals surface area contributed by atoms with Crippen molar-refractivity contribution in [1.29, 1.82) is 0 Å². The van der Waals surface area contributed by atoms with Crippen LogP contribution in [0.2, 0.25) is 0 Å². The minimum absolute atomic E-state index is 0. The van der Waals surface area contributed by atoms with Gasteiger partial charge in [-0.15, -0.1) is 24.0 Å². The maximum atomic E-state index is 9.31. The lowest BCUT2D eigenvalue weighted by Crippen LogP contribution is -2.32. The third kappa shape index (κ3) is 8.69. The molecule has 0 atom stereocenters. The summed E-state index contributed by atoms with van der Waals surface area (Å²) >= 11 is 0. The summed E-state index contributed by atoms with van der Waals surface area (Å²) in [7, 11) is 0. The van der Waals surface area contributed by atoms with Crippen LogP contribution in [0.4, 0.5) is 0 Å². The molecule has 0 unspecified atom stereocenters. The van der Waals surface area contributed by atoms with E-state index >= 15 is 0 Å². The molecule has 0 aromatic heterocycles. The molecular weight excluding hydrogens is 353 g/mol. The number of nitrogens with zero attached hydrogens (tertiary/aromatic N) is 1. The number of phenols is 1. The van der Waals surface area contributed by atoms with Crippen LogP contribution in [0, 0.1) is 0 Å². The smallest absolute Gasteiger partial charge is 0.188 e. The lowest BCUT2D eigenvalue weighted by Gasteiger charge is -2.05. The molecule has 0 heterocycles. The predicted octanol–water partition coefficient (Wildman–Crippen LogP) is 2.99. The lowest BCUT2D eigenvalue weighted by molar-refractivity contribution is 0.474. The number of phenolic OH excluding ortho intramolecular Hbond substituents is 1. The highest BCUT2D eigenvalue weighted by Crippen LogP contribution is 2.11. The van der Waals surface area contributed by atoms with Crippen molar-refractivity contribution in [2.24, 2.45) is 10.7 Å². The Morgan fingerprint density at radius 2 is 2.11 bits per heavy atom. The molecular formula is C14H24IN3O. The third-order valence-electron chi connectivity index (χ3n) is 2.68. The van der Waals surface area contributed by atoms with Crippen molar-refractivity contribution < 1.29 is 5.11 Å². The van der Waals surface area contributed by atoms with Crippen LogP contribution in [0.3, 0.4) is 0 Å². The molecule has 4 nitrogen and oxygen atoms in total. The number of nitrogens with two attached hydrogens (primary N) is 1. The van der Waals surface area contributed by atoms with Crippen molar-refractivity contribution in [1.82, 2.24) is 5.32 Å². The molecule has 108 valence electrons. The number of halogens is 1. The Balaban J connectivity index is 0.00000324. The molecule has 0 amide bonds. The summed E-state index contributed by atoms with van der Waals surface area (Å²) in [5.41, 5.74) is 6.70. The number of aromatic hydroxyl groups is 1. The van der Waals surface area contributed by atoms with Crippen molar-refractivity contribution in [2.75, 3.05) is 6.54 Å². The monoisotopic (exact) mass is 377 g/mol. The van der Waals surface area contributed by atoms with E-state index in [1.54, 1.807) is 18.2 Å². The maximum Gasteiger partial charge on any atom is 0.188 e. The number of hydrogen-bond donors (Lipinski definition) is 3. The number of aliphatic imine (C=N–C) groups is 1. The zero-order chi connectivity index (χ0) is 13.2. The van der Waals surface area contributed by atoms with E-state index in [1.165, 1.54) is 19.3 Å². The summed E-state index contributed by atoms with van der Waals surface area (Å²) in [6, 6.07) is 7.05. The van der Waals surface area contributed by atoms with E-state index in [-0.39, 0.29) is 29.7 Å². The number of rotatable bonds is 7. The Labute approximate surface area is 132 Å². The van der Waals surface area contributed by atoms with Gasteiger partial charge in [-0.1, -0.05) is 38.3 Å². The second-order valence-corrected chi connectivity index (χ2v) is 4.36. The van der Waals surface area contributed by atoms with Gasteiger partial charge in [0.1, 0.15) is 5.75 Å². The summed E-state index contributed by atoms with van der Waals surface area (Å²) < 4.78 is 0. The first-order valence-electron chi connectivity index (χ1n) is 6.54. The van der Waals surface area contributed by atoms with Crippen molar-refractivity contribution in [3.05, 3.63) is 29.8 Å². The van der Waals surface area contributed by atoms with Crippen molar-refractivity contribution in [3.8, 4) is 5.75 Å². The zero-order valence-corrected chi connectivity index (χ0v) is 13.8. The fourth-order valence-electron chi connectivity index (χ4n) is 1.66. The third-order valence-corrected chi connectivity index (χ3v) is 2.68. The molecule has 5 heteroatoms. The highest BCUT2D eigenvalue weighted by Gasteiger charge is 1.95. The topological polar surface area (TPSA) is 70.6 Å². The van der Waals surface area contributed by atoms with Crippen LogP contribution in [0.5, 0.6) is 5.75 Å². The number of guanidine groups is 1. The van der Waals surface area contributed by atoms with E-state index in [0.29, 0.717) is 12.5 Å².